The summed E-state index contributed by atoms with van der Waals surface area (Å²) in [4.78, 5) is 19.2. The third-order valence-corrected chi connectivity index (χ3v) is 6.22. The normalized spacial score (nSPS) is 13.2. The number of amides is 1. The molecule has 1 aliphatic rings. The highest BCUT2D eigenvalue weighted by Gasteiger charge is 2.20. The number of hydrogen-bond donors (Lipinski definition) is 1. The lowest BCUT2D eigenvalue weighted by Gasteiger charge is -2.29. The van der Waals surface area contributed by atoms with Crippen molar-refractivity contribution < 1.29 is 23.7 Å². The first-order chi connectivity index (χ1) is 16.1. The van der Waals surface area contributed by atoms with E-state index in [9.17, 15) is 4.79 Å². The molecule has 1 aliphatic heterocycles. The van der Waals surface area contributed by atoms with Gasteiger partial charge in [-0.15, -0.1) is 11.3 Å². The van der Waals surface area contributed by atoms with E-state index in [1.54, 1.807) is 33.5 Å². The van der Waals surface area contributed by atoms with E-state index in [1.165, 1.54) is 22.5 Å². The van der Waals surface area contributed by atoms with Crippen molar-refractivity contribution in [2.75, 3.05) is 39.8 Å². The maximum Gasteiger partial charge on any atom is 0.264 e. The zero-order valence-electron chi connectivity index (χ0n) is 18.9. The molecule has 0 atom stereocenters. The van der Waals surface area contributed by atoms with Crippen molar-refractivity contribution in [1.29, 1.82) is 0 Å². The van der Waals surface area contributed by atoms with Gasteiger partial charge in [-0.3, -0.25) is 15.0 Å². The number of nitrogens with zero attached hydrogens (tertiary/aromatic N) is 2. The second-order valence-electron chi connectivity index (χ2n) is 7.57. The minimum absolute atomic E-state index is 0.122. The molecule has 4 rings (SSSR count). The van der Waals surface area contributed by atoms with Crippen molar-refractivity contribution in [1.82, 2.24) is 9.88 Å². The number of benzene rings is 2. The maximum absolute atomic E-state index is 12.3. The summed E-state index contributed by atoms with van der Waals surface area (Å²) >= 11 is 1.41. The topological polar surface area (TPSA) is 82.2 Å². The van der Waals surface area contributed by atoms with Crippen LogP contribution in [0.4, 0.5) is 5.13 Å². The van der Waals surface area contributed by atoms with Crippen molar-refractivity contribution >= 4 is 22.4 Å². The number of carbonyl (C=O) groups excluding carboxylic acids is 1. The highest BCUT2D eigenvalue weighted by molar-refractivity contribution is 7.13. The van der Waals surface area contributed by atoms with Crippen LogP contribution in [-0.2, 0) is 24.3 Å². The van der Waals surface area contributed by atoms with Crippen LogP contribution >= 0.6 is 11.3 Å². The smallest absolute Gasteiger partial charge is 0.264 e. The zero-order chi connectivity index (χ0) is 23.2. The third-order valence-electron chi connectivity index (χ3n) is 5.41. The molecule has 2 heterocycles. The van der Waals surface area contributed by atoms with Crippen LogP contribution in [-0.4, -0.2) is 50.3 Å². The summed E-state index contributed by atoms with van der Waals surface area (Å²) in [6, 6.07) is 11.3. The quantitative estimate of drug-likeness (QED) is 0.511. The van der Waals surface area contributed by atoms with Crippen LogP contribution in [0.2, 0.25) is 0 Å². The first kappa shape index (κ1) is 22.9. The van der Waals surface area contributed by atoms with E-state index >= 15 is 0 Å². The van der Waals surface area contributed by atoms with E-state index in [0.717, 1.165) is 36.7 Å². The number of anilines is 1. The van der Waals surface area contributed by atoms with E-state index in [4.69, 9.17) is 18.9 Å². The molecule has 1 amide bonds. The Bertz CT molecular complexity index is 1120. The summed E-state index contributed by atoms with van der Waals surface area (Å²) in [5.74, 6) is 2.34. The molecular formula is C24H27N3O5S. The molecule has 0 aliphatic carbocycles. The van der Waals surface area contributed by atoms with Gasteiger partial charge in [0.15, 0.2) is 34.7 Å². The number of thiazole rings is 1. The Hall–Kier alpha value is -3.30. The minimum Gasteiger partial charge on any atom is -0.493 e. The van der Waals surface area contributed by atoms with E-state index in [2.05, 4.69) is 27.3 Å². The molecule has 1 aromatic heterocycles. The molecule has 8 nitrogen and oxygen atoms in total. The SMILES string of the molecule is COc1cc2c(cc1OC)CN(Cc1csc(NC(=O)COc3ccccc3OC)n1)CC2. The predicted molar refractivity (Wildman–Crippen MR) is 127 cm³/mol. The third kappa shape index (κ3) is 5.55. The molecule has 0 unspecified atom stereocenters. The number of carbonyl (C=O) groups is 1. The van der Waals surface area contributed by atoms with Crippen LogP contribution in [0.1, 0.15) is 16.8 Å². The molecule has 3 aromatic rings. The first-order valence-corrected chi connectivity index (χ1v) is 11.4. The molecule has 0 fully saturated rings. The van der Waals surface area contributed by atoms with Crippen LogP contribution in [0, 0.1) is 0 Å². The van der Waals surface area contributed by atoms with E-state index in [1.807, 2.05) is 17.5 Å². The molecule has 0 saturated carbocycles. The van der Waals surface area contributed by atoms with Crippen LogP contribution in [0.15, 0.2) is 41.8 Å². The number of para-hydroxylation sites is 2. The maximum atomic E-state index is 12.3. The van der Waals surface area contributed by atoms with Crippen molar-refractivity contribution in [3.63, 3.8) is 0 Å². The Morgan fingerprint density at radius 2 is 1.73 bits per heavy atom. The van der Waals surface area contributed by atoms with Gasteiger partial charge in [0.2, 0.25) is 0 Å². The number of nitrogens with one attached hydrogen (secondary N) is 1. The summed E-state index contributed by atoms with van der Waals surface area (Å²) in [6.45, 7) is 2.32. The average Bonchev–Trinajstić information content (AvgIpc) is 3.28. The second-order valence-corrected chi connectivity index (χ2v) is 8.43. The van der Waals surface area contributed by atoms with Gasteiger partial charge in [0.05, 0.1) is 27.0 Å². The lowest BCUT2D eigenvalue weighted by Crippen LogP contribution is -2.30. The van der Waals surface area contributed by atoms with Gasteiger partial charge in [0, 0.05) is 25.0 Å². The number of aromatic nitrogens is 1. The molecule has 0 bridgehead atoms. The summed E-state index contributed by atoms with van der Waals surface area (Å²) in [5, 5.41) is 5.34. The van der Waals surface area contributed by atoms with Gasteiger partial charge >= 0.3 is 0 Å². The Kier molecular flexibility index (Phi) is 7.31. The first-order valence-electron chi connectivity index (χ1n) is 10.6. The van der Waals surface area contributed by atoms with Crippen molar-refractivity contribution in [3.8, 4) is 23.0 Å². The van der Waals surface area contributed by atoms with Crippen molar-refractivity contribution in [3.05, 3.63) is 58.6 Å². The zero-order valence-corrected chi connectivity index (χ0v) is 19.7. The number of rotatable bonds is 9. The van der Waals surface area contributed by atoms with Gasteiger partial charge in [0.1, 0.15) is 0 Å². The number of fused-ring (bicyclic) bond motifs is 1. The van der Waals surface area contributed by atoms with Crippen LogP contribution < -0.4 is 24.3 Å². The number of ether oxygens (including phenoxy) is 4. The largest absolute Gasteiger partial charge is 0.493 e. The highest BCUT2D eigenvalue weighted by atomic mass is 32.1. The fourth-order valence-electron chi connectivity index (χ4n) is 3.78. The molecule has 0 saturated heterocycles. The highest BCUT2D eigenvalue weighted by Crippen LogP contribution is 2.33. The molecule has 174 valence electrons. The molecular weight excluding hydrogens is 442 g/mol. The van der Waals surface area contributed by atoms with E-state index in [-0.39, 0.29) is 12.5 Å². The van der Waals surface area contributed by atoms with Gasteiger partial charge in [-0.2, -0.15) is 0 Å². The fourth-order valence-corrected chi connectivity index (χ4v) is 4.50. The summed E-state index contributed by atoms with van der Waals surface area (Å²) < 4.78 is 21.7. The van der Waals surface area contributed by atoms with Crippen molar-refractivity contribution in [2.24, 2.45) is 0 Å². The standard InChI is InChI=1S/C24H27N3O5S/c1-29-19-6-4-5-7-20(19)32-14-23(28)26-24-25-18(15-33-24)13-27-9-8-16-10-21(30-2)22(31-3)11-17(16)12-27/h4-7,10-11,15H,8-9,12-14H2,1-3H3,(H,25,26,28). The monoisotopic (exact) mass is 469 g/mol. The summed E-state index contributed by atoms with van der Waals surface area (Å²) in [7, 11) is 4.87. The fraction of sp³-hybridized carbons (Fsp3) is 0.333. The molecule has 33 heavy (non-hydrogen) atoms. The number of methoxy groups -OCH3 is 3. The lowest BCUT2D eigenvalue weighted by atomic mass is 9.98. The van der Waals surface area contributed by atoms with Gasteiger partial charge in [-0.25, -0.2) is 4.98 Å². The Balaban J connectivity index is 1.31. The van der Waals surface area contributed by atoms with Gasteiger partial charge in [-0.1, -0.05) is 12.1 Å². The number of hydrogen-bond acceptors (Lipinski definition) is 8. The average molecular weight is 470 g/mol. The second kappa shape index (κ2) is 10.5. The van der Waals surface area contributed by atoms with Crippen molar-refractivity contribution in [2.45, 2.75) is 19.5 Å². The Morgan fingerprint density at radius 3 is 2.45 bits per heavy atom. The minimum atomic E-state index is -0.269. The Labute approximate surface area is 197 Å². The van der Waals surface area contributed by atoms with Gasteiger partial charge in [-0.05, 0) is 41.8 Å². The molecule has 0 spiro atoms. The Morgan fingerprint density at radius 1 is 1.03 bits per heavy atom. The predicted octanol–water partition coefficient (Wildman–Crippen LogP) is 3.74. The summed E-state index contributed by atoms with van der Waals surface area (Å²) in [5.41, 5.74) is 3.44. The molecule has 0 radical (unpaired) electrons. The van der Waals surface area contributed by atoms with Crippen LogP contribution in [0.3, 0.4) is 0 Å². The van der Waals surface area contributed by atoms with Crippen LogP contribution in [0.5, 0.6) is 23.0 Å². The van der Waals surface area contributed by atoms with E-state index in [0.29, 0.717) is 23.2 Å². The molecule has 1 N–H and O–H groups in total. The summed E-state index contributed by atoms with van der Waals surface area (Å²) in [6.07, 6.45) is 0.934. The van der Waals surface area contributed by atoms with Crippen LogP contribution in [0.25, 0.3) is 0 Å². The van der Waals surface area contributed by atoms with E-state index < -0.39 is 0 Å². The van der Waals surface area contributed by atoms with Gasteiger partial charge < -0.3 is 18.9 Å². The lowest BCUT2D eigenvalue weighted by molar-refractivity contribution is -0.118. The van der Waals surface area contributed by atoms with Gasteiger partial charge in [0.25, 0.3) is 5.91 Å². The molecule has 9 heteroatoms. The molecule has 2 aromatic carbocycles.